The zero-order valence-corrected chi connectivity index (χ0v) is 21.8. The number of hydrogen-bond acceptors (Lipinski definition) is 4. The van der Waals surface area contributed by atoms with E-state index < -0.39 is 5.60 Å². The van der Waals surface area contributed by atoms with Gasteiger partial charge in [-0.15, -0.1) is 0 Å². The molecule has 0 heterocycles. The van der Waals surface area contributed by atoms with Crippen molar-refractivity contribution >= 4 is 11.8 Å². The summed E-state index contributed by atoms with van der Waals surface area (Å²) >= 11 is 0. The highest BCUT2D eigenvalue weighted by Crippen LogP contribution is 2.66. The van der Waals surface area contributed by atoms with Crippen molar-refractivity contribution < 1.29 is 19.4 Å². The lowest BCUT2D eigenvalue weighted by Crippen LogP contribution is -2.53. The zero-order valence-electron chi connectivity index (χ0n) is 21.8. The fourth-order valence-corrected chi connectivity index (χ4v) is 8.74. The van der Waals surface area contributed by atoms with Gasteiger partial charge in [-0.25, -0.2) is 0 Å². The van der Waals surface area contributed by atoms with Crippen LogP contribution in [0.4, 0.5) is 0 Å². The van der Waals surface area contributed by atoms with E-state index in [4.69, 9.17) is 4.74 Å². The summed E-state index contributed by atoms with van der Waals surface area (Å²) in [5.74, 6) is 2.54. The Morgan fingerprint density at radius 1 is 1.18 bits per heavy atom. The number of ketones is 1. The van der Waals surface area contributed by atoms with Crippen LogP contribution in [0.5, 0.6) is 0 Å². The predicted octanol–water partition coefficient (Wildman–Crippen LogP) is 6.25. The molecule has 0 saturated heterocycles. The van der Waals surface area contributed by atoms with E-state index in [1.165, 1.54) is 31.8 Å². The minimum atomic E-state index is -0.581. The van der Waals surface area contributed by atoms with Crippen molar-refractivity contribution in [1.82, 2.24) is 0 Å². The Hall–Kier alpha value is -1.16. The number of rotatable bonds is 6. The molecule has 186 valence electrons. The fourth-order valence-electron chi connectivity index (χ4n) is 8.74. The standard InChI is InChI=1S/C29H46O4/c1-18(8-7-13-27(3,4)32)22-9-10-23-26-24(12-15-29(22,23)6)28(5)14-11-21(33-19(2)30)16-20(28)17-25(26)31/h17-18,21-24,26,32H,7-16H2,1-6H3/t18-,21+,22?,23?,24?,26?,28+,29-/m1/s1. The van der Waals surface area contributed by atoms with Crippen LogP contribution in [-0.4, -0.2) is 28.6 Å². The van der Waals surface area contributed by atoms with Crippen molar-refractivity contribution in [3.8, 4) is 0 Å². The van der Waals surface area contributed by atoms with Crippen molar-refractivity contribution in [2.45, 2.75) is 117 Å². The van der Waals surface area contributed by atoms with Crippen LogP contribution in [0, 0.1) is 40.4 Å². The number of allylic oxidation sites excluding steroid dienone is 1. The van der Waals surface area contributed by atoms with Crippen molar-refractivity contribution in [1.29, 1.82) is 0 Å². The molecule has 0 radical (unpaired) electrons. The van der Waals surface area contributed by atoms with Gasteiger partial charge in [0.25, 0.3) is 0 Å². The molecular weight excluding hydrogens is 412 g/mol. The van der Waals surface area contributed by atoms with E-state index >= 15 is 0 Å². The Balaban J connectivity index is 1.51. The smallest absolute Gasteiger partial charge is 0.302 e. The van der Waals surface area contributed by atoms with Gasteiger partial charge in [0.2, 0.25) is 0 Å². The molecule has 4 aliphatic rings. The Kier molecular flexibility index (Phi) is 6.66. The molecule has 0 aromatic carbocycles. The molecular formula is C29H46O4. The molecule has 0 aromatic rings. The van der Waals surface area contributed by atoms with Crippen LogP contribution < -0.4 is 0 Å². The topological polar surface area (TPSA) is 63.6 Å². The summed E-state index contributed by atoms with van der Waals surface area (Å²) in [7, 11) is 0. The van der Waals surface area contributed by atoms with Gasteiger partial charge in [0, 0.05) is 19.3 Å². The SMILES string of the molecule is CC(=O)O[C@H]1CC[C@@]2(C)C(=CC(=O)C3C4CCC([C@H](C)CCCC(C)(C)O)[C@@]4(C)CCC32)C1. The zero-order chi connectivity index (χ0) is 24.2. The number of carbonyl (C=O) groups excluding carboxylic acids is 2. The number of esters is 1. The number of fused-ring (bicyclic) bond motifs is 5. The van der Waals surface area contributed by atoms with Gasteiger partial charge in [0.05, 0.1) is 5.60 Å². The lowest BCUT2D eigenvalue weighted by Gasteiger charge is -2.57. The monoisotopic (exact) mass is 458 g/mol. The maximum atomic E-state index is 13.6. The number of carbonyl (C=O) groups is 2. The number of aliphatic hydroxyl groups is 1. The van der Waals surface area contributed by atoms with Crippen LogP contribution in [0.1, 0.15) is 106 Å². The molecule has 4 aliphatic carbocycles. The lowest BCUT2D eigenvalue weighted by molar-refractivity contribution is -0.149. The third kappa shape index (κ3) is 4.58. The molecule has 0 aromatic heterocycles. The van der Waals surface area contributed by atoms with E-state index in [0.29, 0.717) is 29.5 Å². The molecule has 1 N–H and O–H groups in total. The largest absolute Gasteiger partial charge is 0.462 e. The van der Waals surface area contributed by atoms with Crippen LogP contribution in [0.15, 0.2) is 11.6 Å². The summed E-state index contributed by atoms with van der Waals surface area (Å²) < 4.78 is 5.53. The molecule has 0 amide bonds. The molecule has 8 atom stereocenters. The summed E-state index contributed by atoms with van der Waals surface area (Å²) in [5.41, 5.74) is 0.987. The molecule has 3 fully saturated rings. The first-order valence-electron chi connectivity index (χ1n) is 13.5. The lowest BCUT2D eigenvalue weighted by atomic mass is 9.46. The van der Waals surface area contributed by atoms with Gasteiger partial charge in [-0.1, -0.05) is 39.2 Å². The maximum absolute atomic E-state index is 13.6. The Morgan fingerprint density at radius 2 is 1.91 bits per heavy atom. The summed E-state index contributed by atoms with van der Waals surface area (Å²) in [6.45, 7) is 12.6. The second-order valence-electron chi connectivity index (χ2n) is 13.1. The average Bonchev–Trinajstić information content (AvgIpc) is 3.05. The molecule has 3 saturated carbocycles. The Morgan fingerprint density at radius 3 is 2.58 bits per heavy atom. The van der Waals surface area contributed by atoms with Crippen molar-refractivity contribution in [2.24, 2.45) is 40.4 Å². The highest BCUT2D eigenvalue weighted by Gasteiger charge is 2.61. The molecule has 33 heavy (non-hydrogen) atoms. The first-order valence-corrected chi connectivity index (χ1v) is 13.5. The van der Waals surface area contributed by atoms with Crippen molar-refractivity contribution in [2.75, 3.05) is 0 Å². The van der Waals surface area contributed by atoms with Gasteiger partial charge in [-0.3, -0.25) is 9.59 Å². The van der Waals surface area contributed by atoms with Crippen LogP contribution in [0.25, 0.3) is 0 Å². The minimum absolute atomic E-state index is 0.0689. The Labute approximate surface area is 200 Å². The predicted molar refractivity (Wildman–Crippen MR) is 130 cm³/mol. The summed E-state index contributed by atoms with van der Waals surface area (Å²) in [6, 6.07) is 0. The van der Waals surface area contributed by atoms with E-state index in [9.17, 15) is 14.7 Å². The molecule has 0 aliphatic heterocycles. The van der Waals surface area contributed by atoms with E-state index in [1.807, 2.05) is 19.9 Å². The normalized spacial score (nSPS) is 41.5. The molecule has 0 spiro atoms. The second kappa shape index (κ2) is 8.81. The molecule has 0 bridgehead atoms. The van der Waals surface area contributed by atoms with E-state index in [1.54, 1.807) is 0 Å². The number of hydrogen-bond donors (Lipinski definition) is 1. The van der Waals surface area contributed by atoms with Gasteiger partial charge in [0.1, 0.15) is 6.10 Å². The van der Waals surface area contributed by atoms with Gasteiger partial charge in [0.15, 0.2) is 5.78 Å². The summed E-state index contributed by atoms with van der Waals surface area (Å²) in [5, 5.41) is 10.1. The van der Waals surface area contributed by atoms with Crippen LogP contribution >= 0.6 is 0 Å². The highest BCUT2D eigenvalue weighted by atomic mass is 16.5. The van der Waals surface area contributed by atoms with Crippen molar-refractivity contribution in [3.63, 3.8) is 0 Å². The summed E-state index contributed by atoms with van der Waals surface area (Å²) in [4.78, 5) is 25.1. The minimum Gasteiger partial charge on any atom is -0.462 e. The van der Waals surface area contributed by atoms with Gasteiger partial charge >= 0.3 is 5.97 Å². The maximum Gasteiger partial charge on any atom is 0.302 e. The molecule has 4 unspecified atom stereocenters. The van der Waals surface area contributed by atoms with E-state index in [-0.39, 0.29) is 28.8 Å². The highest BCUT2D eigenvalue weighted by molar-refractivity contribution is 5.94. The van der Waals surface area contributed by atoms with Crippen LogP contribution in [-0.2, 0) is 14.3 Å². The fraction of sp³-hybridized carbons (Fsp3) is 0.862. The molecule has 4 nitrogen and oxygen atoms in total. The van der Waals surface area contributed by atoms with Gasteiger partial charge in [-0.05, 0) is 99.4 Å². The van der Waals surface area contributed by atoms with Crippen LogP contribution in [0.3, 0.4) is 0 Å². The summed E-state index contributed by atoms with van der Waals surface area (Å²) in [6.07, 6.45) is 12.4. The average molecular weight is 459 g/mol. The van der Waals surface area contributed by atoms with E-state index in [0.717, 1.165) is 44.9 Å². The quantitative estimate of drug-likeness (QED) is 0.478. The first-order chi connectivity index (χ1) is 15.3. The Bertz CT molecular complexity index is 807. The first kappa shape index (κ1) is 24.9. The third-order valence-corrected chi connectivity index (χ3v) is 10.4. The molecule has 4 rings (SSSR count). The second-order valence-corrected chi connectivity index (χ2v) is 13.1. The van der Waals surface area contributed by atoms with Gasteiger partial charge in [-0.2, -0.15) is 0 Å². The molecule has 4 heteroatoms. The third-order valence-electron chi connectivity index (χ3n) is 10.4. The van der Waals surface area contributed by atoms with E-state index in [2.05, 4.69) is 20.8 Å². The van der Waals surface area contributed by atoms with Gasteiger partial charge < -0.3 is 9.84 Å². The van der Waals surface area contributed by atoms with Crippen LogP contribution in [0.2, 0.25) is 0 Å². The van der Waals surface area contributed by atoms with Crippen molar-refractivity contribution in [3.05, 3.63) is 11.6 Å². The number of ether oxygens (including phenoxy) is 1.